The van der Waals surface area contributed by atoms with Crippen molar-refractivity contribution in [2.75, 3.05) is 24.5 Å². The van der Waals surface area contributed by atoms with Crippen LogP contribution in [-0.4, -0.2) is 48.4 Å². The van der Waals surface area contributed by atoms with E-state index in [1.807, 2.05) is 24.3 Å². The maximum Gasteiger partial charge on any atom is 0.256 e. The van der Waals surface area contributed by atoms with Crippen molar-refractivity contribution in [2.24, 2.45) is 0 Å². The summed E-state index contributed by atoms with van der Waals surface area (Å²) in [6, 6.07) is 13.3. The summed E-state index contributed by atoms with van der Waals surface area (Å²) in [6.07, 6.45) is 7.50. The van der Waals surface area contributed by atoms with Gasteiger partial charge in [-0.05, 0) is 62.9 Å². The third kappa shape index (κ3) is 5.69. The minimum atomic E-state index is -0.179. The predicted octanol–water partition coefficient (Wildman–Crippen LogP) is 6.19. The molecule has 2 aliphatic rings. The van der Waals surface area contributed by atoms with Crippen molar-refractivity contribution >= 4 is 40.7 Å². The monoisotopic (exact) mass is 501 g/mol. The van der Waals surface area contributed by atoms with Crippen LogP contribution in [-0.2, 0) is 0 Å². The molecule has 0 aromatic heterocycles. The molecule has 0 atom stereocenters. The molecule has 182 valence electrons. The van der Waals surface area contributed by atoms with E-state index in [1.165, 1.54) is 19.3 Å². The molecule has 1 aliphatic heterocycles. The SMILES string of the molecule is CCN(C(=O)c1ccccc1N1CCC(NC(=O)c2ccc(Cl)cc2Cl)CC1)C1CCCCC1. The highest BCUT2D eigenvalue weighted by Crippen LogP contribution is 2.29. The molecule has 0 radical (unpaired) electrons. The Hall–Kier alpha value is -2.24. The molecule has 34 heavy (non-hydrogen) atoms. The Morgan fingerprint density at radius 3 is 2.35 bits per heavy atom. The van der Waals surface area contributed by atoms with Crippen LogP contribution in [0, 0.1) is 0 Å². The molecule has 4 rings (SSSR count). The number of para-hydroxylation sites is 1. The molecular weight excluding hydrogens is 469 g/mol. The molecule has 1 heterocycles. The van der Waals surface area contributed by atoms with Crippen LogP contribution in [0.15, 0.2) is 42.5 Å². The normalized spacial score (nSPS) is 17.4. The van der Waals surface area contributed by atoms with Gasteiger partial charge in [0.2, 0.25) is 0 Å². The number of piperidine rings is 1. The van der Waals surface area contributed by atoms with Gasteiger partial charge in [0.1, 0.15) is 0 Å². The number of anilines is 1. The molecule has 0 unspecified atom stereocenters. The number of benzene rings is 2. The number of nitrogens with one attached hydrogen (secondary N) is 1. The van der Waals surface area contributed by atoms with Gasteiger partial charge in [0.05, 0.1) is 16.1 Å². The summed E-state index contributed by atoms with van der Waals surface area (Å²) < 4.78 is 0. The van der Waals surface area contributed by atoms with Gasteiger partial charge in [-0.25, -0.2) is 0 Å². The van der Waals surface area contributed by atoms with Crippen molar-refractivity contribution in [2.45, 2.75) is 64.0 Å². The first-order valence-corrected chi connectivity index (χ1v) is 13.1. The highest BCUT2D eigenvalue weighted by molar-refractivity contribution is 6.36. The topological polar surface area (TPSA) is 52.7 Å². The van der Waals surface area contributed by atoms with Crippen molar-refractivity contribution in [3.63, 3.8) is 0 Å². The summed E-state index contributed by atoms with van der Waals surface area (Å²) in [4.78, 5) is 30.6. The van der Waals surface area contributed by atoms with Gasteiger partial charge in [0.25, 0.3) is 11.8 Å². The summed E-state index contributed by atoms with van der Waals surface area (Å²) in [5.74, 6) is -0.0421. The predicted molar refractivity (Wildman–Crippen MR) is 139 cm³/mol. The van der Waals surface area contributed by atoms with Gasteiger partial charge >= 0.3 is 0 Å². The molecule has 2 fully saturated rings. The Balaban J connectivity index is 1.41. The molecule has 1 saturated heterocycles. The zero-order valence-electron chi connectivity index (χ0n) is 19.7. The second-order valence-corrected chi connectivity index (χ2v) is 10.1. The fraction of sp³-hybridized carbons (Fsp3) is 0.481. The second-order valence-electron chi connectivity index (χ2n) is 9.26. The summed E-state index contributed by atoms with van der Waals surface area (Å²) in [7, 11) is 0. The lowest BCUT2D eigenvalue weighted by molar-refractivity contribution is 0.0648. The summed E-state index contributed by atoms with van der Waals surface area (Å²) in [5, 5.41) is 3.97. The maximum absolute atomic E-state index is 13.6. The van der Waals surface area contributed by atoms with Gasteiger partial charge < -0.3 is 15.1 Å². The van der Waals surface area contributed by atoms with E-state index in [-0.39, 0.29) is 17.9 Å². The van der Waals surface area contributed by atoms with Gasteiger partial charge in [-0.3, -0.25) is 9.59 Å². The van der Waals surface area contributed by atoms with Gasteiger partial charge in [-0.1, -0.05) is 54.6 Å². The highest BCUT2D eigenvalue weighted by atomic mass is 35.5. The Bertz CT molecular complexity index is 1010. The van der Waals surface area contributed by atoms with Crippen LogP contribution in [0.1, 0.15) is 72.6 Å². The van der Waals surface area contributed by atoms with Gasteiger partial charge in [0.15, 0.2) is 0 Å². The Labute approximate surface area is 212 Å². The standard InChI is InChI=1S/C27H33Cl2N3O2/c1-2-32(21-8-4-3-5-9-21)27(34)23-10-6-7-11-25(23)31-16-14-20(15-17-31)30-26(33)22-13-12-19(28)18-24(22)29/h6-7,10-13,18,20-21H,2-5,8-9,14-17H2,1H3,(H,30,33). The lowest BCUT2D eigenvalue weighted by Gasteiger charge is -2.37. The van der Waals surface area contributed by atoms with E-state index < -0.39 is 0 Å². The number of hydrogen-bond acceptors (Lipinski definition) is 3. The zero-order chi connectivity index (χ0) is 24.1. The van der Waals surface area contributed by atoms with Crippen LogP contribution in [0.25, 0.3) is 0 Å². The van der Waals surface area contributed by atoms with Gasteiger partial charge in [-0.2, -0.15) is 0 Å². The fourth-order valence-electron chi connectivity index (χ4n) is 5.25. The number of amides is 2. The minimum Gasteiger partial charge on any atom is -0.371 e. The smallest absolute Gasteiger partial charge is 0.256 e. The van der Waals surface area contributed by atoms with E-state index in [4.69, 9.17) is 23.2 Å². The van der Waals surface area contributed by atoms with E-state index in [0.29, 0.717) is 21.7 Å². The van der Waals surface area contributed by atoms with Crippen LogP contribution in [0.4, 0.5) is 5.69 Å². The number of halogens is 2. The largest absolute Gasteiger partial charge is 0.371 e. The Morgan fingerprint density at radius 2 is 1.68 bits per heavy atom. The van der Waals surface area contributed by atoms with Crippen LogP contribution in [0.5, 0.6) is 0 Å². The van der Waals surface area contributed by atoms with E-state index in [1.54, 1.807) is 18.2 Å². The highest BCUT2D eigenvalue weighted by Gasteiger charge is 2.29. The van der Waals surface area contributed by atoms with Crippen LogP contribution >= 0.6 is 23.2 Å². The third-order valence-corrected chi connectivity index (χ3v) is 7.65. The molecule has 5 nitrogen and oxygen atoms in total. The second kappa shape index (κ2) is 11.5. The summed E-state index contributed by atoms with van der Waals surface area (Å²) >= 11 is 12.1. The van der Waals surface area contributed by atoms with Gasteiger partial charge in [-0.15, -0.1) is 0 Å². The van der Waals surface area contributed by atoms with Crippen molar-refractivity contribution in [3.05, 3.63) is 63.6 Å². The van der Waals surface area contributed by atoms with Crippen LogP contribution < -0.4 is 10.2 Å². The molecule has 0 bridgehead atoms. The first-order chi connectivity index (χ1) is 16.5. The maximum atomic E-state index is 13.6. The number of carbonyl (C=O) groups excluding carboxylic acids is 2. The quantitative estimate of drug-likeness (QED) is 0.513. The molecule has 2 aromatic carbocycles. The average Bonchev–Trinajstić information content (AvgIpc) is 2.85. The molecule has 1 saturated carbocycles. The number of rotatable bonds is 6. The number of nitrogens with zero attached hydrogens (tertiary/aromatic N) is 2. The Morgan fingerprint density at radius 1 is 0.971 bits per heavy atom. The fourth-order valence-corrected chi connectivity index (χ4v) is 5.74. The molecule has 1 aliphatic carbocycles. The van der Waals surface area contributed by atoms with Crippen molar-refractivity contribution in [3.8, 4) is 0 Å². The minimum absolute atomic E-state index is 0.0627. The van der Waals surface area contributed by atoms with E-state index >= 15 is 0 Å². The third-order valence-electron chi connectivity index (χ3n) is 7.10. The van der Waals surface area contributed by atoms with Crippen LogP contribution in [0.3, 0.4) is 0 Å². The number of carbonyl (C=O) groups is 2. The first kappa shape index (κ1) is 24.9. The zero-order valence-corrected chi connectivity index (χ0v) is 21.2. The van der Waals surface area contributed by atoms with Crippen LogP contribution in [0.2, 0.25) is 10.0 Å². The molecule has 2 amide bonds. The van der Waals surface area contributed by atoms with E-state index in [2.05, 4.69) is 22.0 Å². The number of hydrogen-bond donors (Lipinski definition) is 1. The Kier molecular flexibility index (Phi) is 8.38. The molecular formula is C27H33Cl2N3O2. The van der Waals surface area contributed by atoms with Crippen molar-refractivity contribution < 1.29 is 9.59 Å². The summed E-state index contributed by atoms with van der Waals surface area (Å²) in [6.45, 7) is 4.37. The van der Waals surface area contributed by atoms with Crippen molar-refractivity contribution in [1.82, 2.24) is 10.2 Å². The molecule has 7 heteroatoms. The van der Waals surface area contributed by atoms with Gasteiger partial charge in [0, 0.05) is 42.4 Å². The molecule has 0 spiro atoms. The summed E-state index contributed by atoms with van der Waals surface area (Å²) in [5.41, 5.74) is 2.21. The first-order valence-electron chi connectivity index (χ1n) is 12.4. The average molecular weight is 502 g/mol. The lowest BCUT2D eigenvalue weighted by atomic mass is 9.93. The molecule has 1 N–H and O–H groups in total. The molecule has 2 aromatic rings. The van der Waals surface area contributed by atoms with Crippen molar-refractivity contribution in [1.29, 1.82) is 0 Å². The van der Waals surface area contributed by atoms with E-state index in [0.717, 1.165) is 56.6 Å². The lowest BCUT2D eigenvalue weighted by Crippen LogP contribution is -2.46. The van der Waals surface area contributed by atoms with E-state index in [9.17, 15) is 9.59 Å².